The number of benzene rings is 3. The van der Waals surface area contributed by atoms with Crippen molar-refractivity contribution in [3.8, 4) is 22.6 Å². The van der Waals surface area contributed by atoms with E-state index in [0.717, 1.165) is 42.5 Å². The van der Waals surface area contributed by atoms with Gasteiger partial charge in [0.1, 0.15) is 0 Å². The van der Waals surface area contributed by atoms with Gasteiger partial charge >= 0.3 is 0 Å². The van der Waals surface area contributed by atoms with Gasteiger partial charge in [-0.1, -0.05) is 54.6 Å². The van der Waals surface area contributed by atoms with Crippen molar-refractivity contribution >= 4 is 5.78 Å². The largest absolute Gasteiger partial charge is 0.504 e. The van der Waals surface area contributed by atoms with Gasteiger partial charge in [0.15, 0.2) is 17.3 Å². The highest BCUT2D eigenvalue weighted by Gasteiger charge is 2.29. The summed E-state index contributed by atoms with van der Waals surface area (Å²) >= 11 is 0. The van der Waals surface area contributed by atoms with E-state index in [9.17, 15) is 9.90 Å². The fourth-order valence-corrected chi connectivity index (χ4v) is 4.44. The third-order valence-corrected chi connectivity index (χ3v) is 5.88. The van der Waals surface area contributed by atoms with Crippen LogP contribution in [0.25, 0.3) is 11.1 Å². The standard InChI is InChI=1S/C26H27NO3/c1-17(28)20-10-6-7-11-21(20)25-24-19(16-23(30-2)26(25)29)14-15-27-22(24)13-12-18-8-4-3-5-9-18/h3-11,16,22,27,29H,12-15H2,1-2H3. The minimum absolute atomic E-state index is 0.0221. The number of aromatic hydroxyl groups is 1. The lowest BCUT2D eigenvalue weighted by molar-refractivity contribution is 0.101. The van der Waals surface area contributed by atoms with E-state index >= 15 is 0 Å². The van der Waals surface area contributed by atoms with E-state index in [0.29, 0.717) is 16.9 Å². The van der Waals surface area contributed by atoms with E-state index in [1.807, 2.05) is 36.4 Å². The fraction of sp³-hybridized carbons (Fsp3) is 0.269. The molecule has 0 bridgehead atoms. The van der Waals surface area contributed by atoms with Crippen LogP contribution in [0.1, 0.15) is 46.4 Å². The molecule has 4 rings (SSSR count). The van der Waals surface area contributed by atoms with E-state index in [2.05, 4.69) is 29.6 Å². The van der Waals surface area contributed by atoms with Gasteiger partial charge in [-0.15, -0.1) is 0 Å². The molecule has 1 unspecified atom stereocenters. The molecule has 0 aromatic heterocycles. The number of carbonyl (C=O) groups is 1. The lowest BCUT2D eigenvalue weighted by Crippen LogP contribution is -2.31. The van der Waals surface area contributed by atoms with Gasteiger partial charge in [-0.2, -0.15) is 0 Å². The Morgan fingerprint density at radius 1 is 1.13 bits per heavy atom. The van der Waals surface area contributed by atoms with Gasteiger partial charge in [-0.25, -0.2) is 0 Å². The van der Waals surface area contributed by atoms with E-state index < -0.39 is 0 Å². The molecule has 3 aromatic carbocycles. The van der Waals surface area contributed by atoms with Crippen molar-refractivity contribution in [3.63, 3.8) is 0 Å². The van der Waals surface area contributed by atoms with Crippen molar-refractivity contribution < 1.29 is 14.6 Å². The van der Waals surface area contributed by atoms with Gasteiger partial charge in [0, 0.05) is 17.2 Å². The monoisotopic (exact) mass is 401 g/mol. The third-order valence-electron chi connectivity index (χ3n) is 5.88. The summed E-state index contributed by atoms with van der Waals surface area (Å²) in [6.07, 6.45) is 2.68. The first-order chi connectivity index (χ1) is 14.6. The maximum Gasteiger partial charge on any atom is 0.166 e. The molecule has 30 heavy (non-hydrogen) atoms. The first-order valence-corrected chi connectivity index (χ1v) is 10.4. The summed E-state index contributed by atoms with van der Waals surface area (Å²) in [5.74, 6) is 0.523. The van der Waals surface area contributed by atoms with Crippen LogP contribution in [0, 0.1) is 0 Å². The molecule has 1 aliphatic heterocycles. The van der Waals surface area contributed by atoms with Crippen LogP contribution in [0.15, 0.2) is 60.7 Å². The molecule has 1 aliphatic rings. The van der Waals surface area contributed by atoms with Crippen molar-refractivity contribution in [1.82, 2.24) is 5.32 Å². The number of hydrogen-bond donors (Lipinski definition) is 2. The quantitative estimate of drug-likeness (QED) is 0.565. The minimum atomic E-state index is -0.0221. The summed E-state index contributed by atoms with van der Waals surface area (Å²) in [6, 6.07) is 19.9. The molecule has 3 aromatic rings. The number of fused-ring (bicyclic) bond motifs is 1. The molecule has 0 saturated carbocycles. The predicted molar refractivity (Wildman–Crippen MR) is 119 cm³/mol. The van der Waals surface area contributed by atoms with Crippen molar-refractivity contribution in [1.29, 1.82) is 0 Å². The Kier molecular flexibility index (Phi) is 5.86. The van der Waals surface area contributed by atoms with Gasteiger partial charge < -0.3 is 15.2 Å². The van der Waals surface area contributed by atoms with Gasteiger partial charge in [-0.3, -0.25) is 4.79 Å². The Bertz CT molecular complexity index is 1060. The normalized spacial score (nSPS) is 15.5. The predicted octanol–water partition coefficient (Wildman–Crippen LogP) is 5.09. The maximum atomic E-state index is 12.3. The molecule has 1 atom stereocenters. The van der Waals surface area contributed by atoms with Crippen LogP contribution in [0.4, 0.5) is 0 Å². The first-order valence-electron chi connectivity index (χ1n) is 10.4. The van der Waals surface area contributed by atoms with Crippen LogP contribution in [0.5, 0.6) is 11.5 Å². The molecule has 0 saturated heterocycles. The fourth-order valence-electron chi connectivity index (χ4n) is 4.44. The first kappa shape index (κ1) is 20.2. The Labute approximate surface area is 177 Å². The van der Waals surface area contributed by atoms with Gasteiger partial charge in [0.2, 0.25) is 0 Å². The number of ether oxygens (including phenoxy) is 1. The molecule has 0 fully saturated rings. The minimum Gasteiger partial charge on any atom is -0.504 e. The number of nitrogens with one attached hydrogen (secondary N) is 1. The number of phenols is 1. The Hall–Kier alpha value is -3.11. The third kappa shape index (κ3) is 3.83. The van der Waals surface area contributed by atoms with Gasteiger partial charge in [-0.05, 0) is 61.1 Å². The number of carbonyl (C=O) groups excluding carboxylic acids is 1. The lowest BCUT2D eigenvalue weighted by atomic mass is 9.82. The summed E-state index contributed by atoms with van der Waals surface area (Å²) in [5.41, 5.74) is 5.59. The lowest BCUT2D eigenvalue weighted by Gasteiger charge is -2.31. The summed E-state index contributed by atoms with van der Waals surface area (Å²) < 4.78 is 5.48. The van der Waals surface area contributed by atoms with E-state index in [1.54, 1.807) is 14.0 Å². The Morgan fingerprint density at radius 2 is 1.87 bits per heavy atom. The summed E-state index contributed by atoms with van der Waals surface area (Å²) in [7, 11) is 1.57. The van der Waals surface area contributed by atoms with Crippen molar-refractivity contribution in [2.75, 3.05) is 13.7 Å². The number of hydrogen-bond acceptors (Lipinski definition) is 4. The smallest absolute Gasteiger partial charge is 0.166 e. The van der Waals surface area contributed by atoms with Gasteiger partial charge in [0.25, 0.3) is 0 Å². The van der Waals surface area contributed by atoms with E-state index in [4.69, 9.17) is 4.74 Å². The van der Waals surface area contributed by atoms with Crippen LogP contribution >= 0.6 is 0 Å². The number of rotatable bonds is 6. The topological polar surface area (TPSA) is 58.6 Å². The maximum absolute atomic E-state index is 12.3. The number of ketones is 1. The second-order valence-corrected chi connectivity index (χ2v) is 7.76. The van der Waals surface area contributed by atoms with Crippen LogP contribution in [0.3, 0.4) is 0 Å². The zero-order chi connectivity index (χ0) is 21.1. The average molecular weight is 402 g/mol. The molecular weight excluding hydrogens is 374 g/mol. The number of methoxy groups -OCH3 is 1. The molecule has 4 heteroatoms. The average Bonchev–Trinajstić information content (AvgIpc) is 2.78. The summed E-state index contributed by atoms with van der Waals surface area (Å²) in [5, 5.41) is 14.8. The number of Topliss-reactive ketones (excluding diaryl/α,β-unsaturated/α-hetero) is 1. The van der Waals surface area contributed by atoms with Crippen LogP contribution in [-0.2, 0) is 12.8 Å². The van der Waals surface area contributed by atoms with Crippen molar-refractivity contribution in [2.45, 2.75) is 32.2 Å². The Balaban J connectivity index is 1.85. The molecule has 0 spiro atoms. The molecule has 1 heterocycles. The SMILES string of the molecule is COc1cc2c(c(-c3ccccc3C(C)=O)c1O)C(CCc1ccccc1)NCC2. The second-order valence-electron chi connectivity index (χ2n) is 7.76. The van der Waals surface area contributed by atoms with Crippen LogP contribution in [0.2, 0.25) is 0 Å². The highest BCUT2D eigenvalue weighted by molar-refractivity contribution is 6.02. The number of aryl methyl sites for hydroxylation is 1. The highest BCUT2D eigenvalue weighted by Crippen LogP contribution is 2.47. The summed E-state index contributed by atoms with van der Waals surface area (Å²) in [4.78, 5) is 12.3. The van der Waals surface area contributed by atoms with Crippen molar-refractivity contribution in [2.24, 2.45) is 0 Å². The van der Waals surface area contributed by atoms with Crippen molar-refractivity contribution in [3.05, 3.63) is 82.9 Å². The van der Waals surface area contributed by atoms with Gasteiger partial charge in [0.05, 0.1) is 7.11 Å². The summed E-state index contributed by atoms with van der Waals surface area (Å²) in [6.45, 7) is 2.43. The Morgan fingerprint density at radius 3 is 2.60 bits per heavy atom. The van der Waals surface area contributed by atoms with E-state index in [1.165, 1.54) is 5.56 Å². The van der Waals surface area contributed by atoms with E-state index in [-0.39, 0.29) is 17.6 Å². The zero-order valence-electron chi connectivity index (χ0n) is 17.4. The molecule has 0 aliphatic carbocycles. The molecule has 0 amide bonds. The number of phenolic OH excluding ortho intramolecular Hbond substituents is 1. The molecular formula is C26H27NO3. The molecule has 2 N–H and O–H groups in total. The second kappa shape index (κ2) is 8.72. The van der Waals surface area contributed by atoms with Crippen LogP contribution < -0.4 is 10.1 Å². The molecule has 0 radical (unpaired) electrons. The molecule has 154 valence electrons. The molecule has 4 nitrogen and oxygen atoms in total. The zero-order valence-corrected chi connectivity index (χ0v) is 17.4. The highest BCUT2D eigenvalue weighted by atomic mass is 16.5. The van der Waals surface area contributed by atoms with Crippen LogP contribution in [-0.4, -0.2) is 24.5 Å².